The van der Waals surface area contributed by atoms with Crippen LogP contribution in [-0.2, 0) is 14.3 Å². The molecule has 0 saturated heterocycles. The highest BCUT2D eigenvalue weighted by molar-refractivity contribution is 5.92. The van der Waals surface area contributed by atoms with Gasteiger partial charge >= 0.3 is 6.16 Å². The number of carbonyl (C=O) groups is 2. The topological polar surface area (TPSA) is 52.6 Å². The van der Waals surface area contributed by atoms with Crippen molar-refractivity contribution in [2.75, 3.05) is 7.11 Å². The summed E-state index contributed by atoms with van der Waals surface area (Å²) in [5.41, 5.74) is 2.97. The second-order valence-corrected chi connectivity index (χ2v) is 8.73. The van der Waals surface area contributed by atoms with Gasteiger partial charge in [-0.1, -0.05) is 31.1 Å². The third-order valence-corrected chi connectivity index (χ3v) is 7.65. The molecule has 4 nitrogen and oxygen atoms in total. The van der Waals surface area contributed by atoms with E-state index in [1.54, 1.807) is 5.57 Å². The zero-order valence-corrected chi connectivity index (χ0v) is 15.5. The Balaban J connectivity index is 1.66. The van der Waals surface area contributed by atoms with E-state index in [1.807, 2.05) is 6.08 Å². The third kappa shape index (κ3) is 2.40. The maximum Gasteiger partial charge on any atom is 0.508 e. The van der Waals surface area contributed by atoms with Gasteiger partial charge in [-0.2, -0.15) is 0 Å². The van der Waals surface area contributed by atoms with Crippen molar-refractivity contribution in [3.63, 3.8) is 0 Å². The number of allylic oxidation sites excluding steroid dienone is 4. The Bertz CT molecular complexity index is 675. The molecule has 136 valence electrons. The molecule has 25 heavy (non-hydrogen) atoms. The number of hydrogen-bond donors (Lipinski definition) is 0. The average Bonchev–Trinajstić information content (AvgIpc) is 2.92. The molecule has 0 radical (unpaired) electrons. The molecule has 0 aromatic heterocycles. The lowest BCUT2D eigenvalue weighted by atomic mass is 9.52. The molecule has 0 aromatic carbocycles. The second kappa shape index (κ2) is 5.72. The Morgan fingerprint density at radius 2 is 2.00 bits per heavy atom. The van der Waals surface area contributed by atoms with Crippen LogP contribution in [-0.4, -0.2) is 25.2 Å². The first kappa shape index (κ1) is 16.9. The minimum Gasteiger partial charge on any atom is -0.438 e. The van der Waals surface area contributed by atoms with Gasteiger partial charge in [0.25, 0.3) is 0 Å². The zero-order valence-electron chi connectivity index (χ0n) is 15.5. The van der Waals surface area contributed by atoms with Crippen LogP contribution in [0.25, 0.3) is 0 Å². The van der Waals surface area contributed by atoms with Gasteiger partial charge in [0.15, 0.2) is 5.78 Å². The first-order valence-corrected chi connectivity index (χ1v) is 9.57. The minimum atomic E-state index is -0.562. The molecule has 0 amide bonds. The van der Waals surface area contributed by atoms with E-state index in [0.717, 1.165) is 38.5 Å². The Morgan fingerprint density at radius 3 is 2.76 bits per heavy atom. The molecule has 5 atom stereocenters. The summed E-state index contributed by atoms with van der Waals surface area (Å²) in [4.78, 5) is 23.5. The van der Waals surface area contributed by atoms with Gasteiger partial charge in [0.1, 0.15) is 6.10 Å². The quantitative estimate of drug-likeness (QED) is 0.516. The Morgan fingerprint density at radius 1 is 1.20 bits per heavy atom. The Hall–Kier alpha value is -1.58. The number of rotatable bonds is 1. The largest absolute Gasteiger partial charge is 0.508 e. The highest BCUT2D eigenvalue weighted by Crippen LogP contribution is 2.63. The van der Waals surface area contributed by atoms with Crippen molar-refractivity contribution in [2.24, 2.45) is 22.7 Å². The van der Waals surface area contributed by atoms with Crippen molar-refractivity contribution >= 4 is 11.9 Å². The molecule has 0 heterocycles. The number of ether oxygens (including phenoxy) is 2. The molecular formula is C21H28O4. The first-order valence-electron chi connectivity index (χ1n) is 9.57. The monoisotopic (exact) mass is 344 g/mol. The van der Waals surface area contributed by atoms with Crippen LogP contribution in [0.15, 0.2) is 23.3 Å². The number of ketones is 1. The summed E-state index contributed by atoms with van der Waals surface area (Å²) < 4.78 is 10.3. The normalized spacial score (nSPS) is 42.5. The number of fused-ring (bicyclic) bond motifs is 5. The standard InChI is InChI=1S/C21H28O4/c1-20-10-8-14(22)12-13(20)4-5-15-16-6-7-18(25-19(23)24-3)21(16,2)11-9-17(15)20/h9,12,15-16,18H,4-8,10-11H2,1-3H3. The molecule has 0 aromatic rings. The molecular weight excluding hydrogens is 316 g/mol. The van der Waals surface area contributed by atoms with Gasteiger partial charge in [0, 0.05) is 17.3 Å². The van der Waals surface area contributed by atoms with Crippen molar-refractivity contribution < 1.29 is 19.1 Å². The van der Waals surface area contributed by atoms with E-state index >= 15 is 0 Å². The summed E-state index contributed by atoms with van der Waals surface area (Å²) in [6.45, 7) is 4.62. The second-order valence-electron chi connectivity index (χ2n) is 8.73. The van der Waals surface area contributed by atoms with E-state index < -0.39 is 6.16 Å². The van der Waals surface area contributed by atoms with Crippen molar-refractivity contribution in [1.29, 1.82) is 0 Å². The van der Waals surface area contributed by atoms with Gasteiger partial charge in [-0.3, -0.25) is 4.79 Å². The number of methoxy groups -OCH3 is 1. The molecule has 4 aliphatic rings. The van der Waals surface area contributed by atoms with Crippen molar-refractivity contribution in [2.45, 2.75) is 64.9 Å². The highest BCUT2D eigenvalue weighted by atomic mass is 16.7. The first-order chi connectivity index (χ1) is 11.9. The molecule has 2 fully saturated rings. The number of hydrogen-bond acceptors (Lipinski definition) is 4. The Kier molecular flexibility index (Phi) is 3.86. The molecule has 0 bridgehead atoms. The van der Waals surface area contributed by atoms with Gasteiger partial charge in [-0.15, -0.1) is 0 Å². The smallest absolute Gasteiger partial charge is 0.438 e. The van der Waals surface area contributed by atoms with Crippen molar-refractivity contribution in [1.82, 2.24) is 0 Å². The summed E-state index contributed by atoms with van der Waals surface area (Å²) in [5, 5.41) is 0. The van der Waals surface area contributed by atoms with E-state index in [2.05, 4.69) is 19.9 Å². The molecule has 4 rings (SSSR count). The fourth-order valence-corrected chi connectivity index (χ4v) is 6.17. The lowest BCUT2D eigenvalue weighted by molar-refractivity contribution is -0.115. The molecule has 2 saturated carbocycles. The molecule has 0 aliphatic heterocycles. The summed E-state index contributed by atoms with van der Waals surface area (Å²) in [5.74, 6) is 1.40. The van der Waals surface area contributed by atoms with Crippen LogP contribution in [0.2, 0.25) is 0 Å². The van der Waals surface area contributed by atoms with E-state index in [1.165, 1.54) is 12.7 Å². The van der Waals surface area contributed by atoms with Crippen molar-refractivity contribution in [3.8, 4) is 0 Å². The maximum absolute atomic E-state index is 11.9. The van der Waals surface area contributed by atoms with Crippen LogP contribution in [0.3, 0.4) is 0 Å². The molecule has 5 unspecified atom stereocenters. The molecule has 4 heteroatoms. The van der Waals surface area contributed by atoms with Crippen LogP contribution in [0.1, 0.15) is 58.8 Å². The van der Waals surface area contributed by atoms with Gasteiger partial charge in [-0.05, 0) is 56.4 Å². The van der Waals surface area contributed by atoms with Gasteiger partial charge in [0.05, 0.1) is 7.11 Å². The van der Waals surface area contributed by atoms with Crippen molar-refractivity contribution in [3.05, 3.63) is 23.3 Å². The minimum absolute atomic E-state index is 0.00439. The summed E-state index contributed by atoms with van der Waals surface area (Å²) >= 11 is 0. The summed E-state index contributed by atoms with van der Waals surface area (Å²) in [6, 6.07) is 0. The predicted octanol–water partition coefficient (Wildman–Crippen LogP) is 4.59. The van der Waals surface area contributed by atoms with E-state index in [-0.39, 0.29) is 16.9 Å². The fourth-order valence-electron chi connectivity index (χ4n) is 6.17. The SMILES string of the molecule is COC(=O)OC1CCC2C3CCC4=CC(=O)CCC4(C)C3=CCC12C. The molecule has 4 aliphatic carbocycles. The predicted molar refractivity (Wildman–Crippen MR) is 94.0 cm³/mol. The highest BCUT2D eigenvalue weighted by Gasteiger charge is 2.57. The van der Waals surface area contributed by atoms with Crippen LogP contribution in [0.5, 0.6) is 0 Å². The van der Waals surface area contributed by atoms with E-state index in [9.17, 15) is 9.59 Å². The van der Waals surface area contributed by atoms with E-state index in [4.69, 9.17) is 9.47 Å². The van der Waals surface area contributed by atoms with Crippen LogP contribution < -0.4 is 0 Å². The van der Waals surface area contributed by atoms with Crippen LogP contribution in [0, 0.1) is 22.7 Å². The summed E-state index contributed by atoms with van der Waals surface area (Å²) in [6.07, 6.45) is 10.5. The maximum atomic E-state index is 11.9. The van der Waals surface area contributed by atoms with Gasteiger partial charge in [0.2, 0.25) is 0 Å². The lowest BCUT2D eigenvalue weighted by Crippen LogP contribution is -2.46. The van der Waals surface area contributed by atoms with Crippen LogP contribution in [0.4, 0.5) is 4.79 Å². The Labute approximate surface area is 149 Å². The molecule has 0 spiro atoms. The van der Waals surface area contributed by atoms with E-state index in [0.29, 0.717) is 24.0 Å². The number of carbonyl (C=O) groups excluding carboxylic acids is 2. The van der Waals surface area contributed by atoms with Gasteiger partial charge in [-0.25, -0.2) is 4.79 Å². The molecule has 0 N–H and O–H groups in total. The van der Waals surface area contributed by atoms with Gasteiger partial charge < -0.3 is 9.47 Å². The zero-order chi connectivity index (χ0) is 17.8. The lowest BCUT2D eigenvalue weighted by Gasteiger charge is -2.53. The average molecular weight is 344 g/mol. The fraction of sp³-hybridized carbons (Fsp3) is 0.714. The van der Waals surface area contributed by atoms with Crippen LogP contribution >= 0.6 is 0 Å². The summed E-state index contributed by atoms with van der Waals surface area (Å²) in [7, 11) is 1.37. The third-order valence-electron chi connectivity index (χ3n) is 7.65.